The minimum absolute atomic E-state index is 0.224. The average Bonchev–Trinajstić information content (AvgIpc) is 3.83. The minimum atomic E-state index is -1.17. The Balaban J connectivity index is 1.14. The highest BCUT2D eigenvalue weighted by Crippen LogP contribution is 2.48. The Morgan fingerprint density at radius 1 is 0.881 bits per heavy atom. The summed E-state index contributed by atoms with van der Waals surface area (Å²) < 4.78 is 30.0. The molecular weight excluding hydrogens is 543 g/mol. The molecular formula is C30H25FN6O5. The van der Waals surface area contributed by atoms with Crippen molar-refractivity contribution in [2.45, 2.75) is 12.8 Å². The Labute approximate surface area is 239 Å². The number of carbonyl (C=O) groups excluding carboxylic acids is 2. The zero-order chi connectivity index (χ0) is 29.3. The predicted molar refractivity (Wildman–Crippen MR) is 154 cm³/mol. The molecule has 12 heteroatoms. The molecule has 4 aromatic rings. The predicted octanol–water partition coefficient (Wildman–Crippen LogP) is 5.59. The quantitative estimate of drug-likeness (QED) is 0.206. The molecule has 0 bridgehead atoms. The van der Waals surface area contributed by atoms with Gasteiger partial charge in [-0.15, -0.1) is 0 Å². The third kappa shape index (κ3) is 5.17. The fourth-order valence-electron chi connectivity index (χ4n) is 4.45. The number of hydrogen-bond acceptors (Lipinski definition) is 9. The fraction of sp³-hybridized carbons (Fsp3) is 0.167. The van der Waals surface area contributed by atoms with E-state index in [1.807, 2.05) is 0 Å². The van der Waals surface area contributed by atoms with Gasteiger partial charge in [0.25, 0.3) is 5.88 Å². The number of aromatic nitrogens is 2. The van der Waals surface area contributed by atoms with E-state index < -0.39 is 23.0 Å². The summed E-state index contributed by atoms with van der Waals surface area (Å²) in [6.45, 7) is 0. The largest absolute Gasteiger partial charge is 0.493 e. The zero-order valence-corrected chi connectivity index (χ0v) is 22.6. The van der Waals surface area contributed by atoms with Gasteiger partial charge in [-0.25, -0.2) is 14.4 Å². The maximum absolute atomic E-state index is 13.2. The SMILES string of the molecule is COc1cc2c(cc1OC)Nc1ncnc(Oc3ccc(NC(=O)C4(C(=O)Nc5ccc(F)cc5)CC4)cc3)c1N=C2. The molecule has 6 rings (SSSR count). The summed E-state index contributed by atoms with van der Waals surface area (Å²) in [5.74, 6) is 0.984. The highest BCUT2D eigenvalue weighted by atomic mass is 19.1. The van der Waals surface area contributed by atoms with Gasteiger partial charge in [-0.05, 0) is 67.4 Å². The lowest BCUT2D eigenvalue weighted by Crippen LogP contribution is -2.35. The summed E-state index contributed by atoms with van der Waals surface area (Å²) in [7, 11) is 3.12. The molecule has 3 aromatic carbocycles. The van der Waals surface area contributed by atoms with Crippen LogP contribution in [-0.4, -0.2) is 42.2 Å². The highest BCUT2D eigenvalue weighted by molar-refractivity contribution is 6.16. The Kier molecular flexibility index (Phi) is 6.87. The smallest absolute Gasteiger partial charge is 0.250 e. The number of benzene rings is 3. The summed E-state index contributed by atoms with van der Waals surface area (Å²) in [6, 6.07) is 15.6. The van der Waals surface area contributed by atoms with Crippen molar-refractivity contribution in [3.8, 4) is 23.1 Å². The van der Waals surface area contributed by atoms with E-state index in [1.165, 1.54) is 30.6 Å². The number of fused-ring (bicyclic) bond motifs is 2. The van der Waals surface area contributed by atoms with Gasteiger partial charge in [-0.1, -0.05) is 0 Å². The van der Waals surface area contributed by atoms with Crippen LogP contribution in [0.25, 0.3) is 0 Å². The molecule has 1 fully saturated rings. The maximum Gasteiger partial charge on any atom is 0.250 e. The summed E-state index contributed by atoms with van der Waals surface area (Å²) >= 11 is 0. The van der Waals surface area contributed by atoms with Crippen LogP contribution in [0.1, 0.15) is 18.4 Å². The normalized spacial score (nSPS) is 13.9. The monoisotopic (exact) mass is 568 g/mol. The Hall–Kier alpha value is -5.52. The molecule has 0 radical (unpaired) electrons. The molecule has 0 saturated heterocycles. The molecule has 0 atom stereocenters. The van der Waals surface area contributed by atoms with Crippen LogP contribution in [0.3, 0.4) is 0 Å². The van der Waals surface area contributed by atoms with Gasteiger partial charge in [0.2, 0.25) is 11.8 Å². The molecule has 212 valence electrons. The number of rotatable bonds is 8. The molecule has 1 saturated carbocycles. The second-order valence-electron chi connectivity index (χ2n) is 9.68. The lowest BCUT2D eigenvalue weighted by molar-refractivity contribution is -0.131. The number of amides is 2. The van der Waals surface area contributed by atoms with Gasteiger partial charge in [-0.3, -0.25) is 9.59 Å². The average molecular weight is 569 g/mol. The number of aliphatic imine (C=N–C) groups is 1. The van der Waals surface area contributed by atoms with Crippen LogP contribution in [0.4, 0.5) is 33.0 Å². The number of carbonyl (C=O) groups is 2. The first-order chi connectivity index (χ1) is 20.4. The van der Waals surface area contributed by atoms with Crippen LogP contribution < -0.4 is 30.2 Å². The lowest BCUT2D eigenvalue weighted by atomic mass is 10.0. The van der Waals surface area contributed by atoms with Crippen molar-refractivity contribution in [3.05, 3.63) is 78.4 Å². The summed E-state index contributed by atoms with van der Waals surface area (Å²) in [4.78, 5) is 38.9. The minimum Gasteiger partial charge on any atom is -0.493 e. The van der Waals surface area contributed by atoms with Gasteiger partial charge < -0.3 is 30.2 Å². The fourth-order valence-corrected chi connectivity index (χ4v) is 4.45. The van der Waals surface area contributed by atoms with E-state index in [0.29, 0.717) is 53.0 Å². The van der Waals surface area contributed by atoms with Gasteiger partial charge in [0.1, 0.15) is 23.3 Å². The molecule has 1 aromatic heterocycles. The first kappa shape index (κ1) is 26.7. The first-order valence-electron chi connectivity index (χ1n) is 13.0. The second-order valence-corrected chi connectivity index (χ2v) is 9.68. The van der Waals surface area contributed by atoms with E-state index in [4.69, 9.17) is 14.2 Å². The third-order valence-electron chi connectivity index (χ3n) is 6.98. The number of anilines is 4. The number of hydrogen-bond donors (Lipinski definition) is 3. The van der Waals surface area contributed by atoms with Crippen LogP contribution in [0, 0.1) is 11.2 Å². The van der Waals surface area contributed by atoms with Crippen LogP contribution in [0.5, 0.6) is 23.1 Å². The van der Waals surface area contributed by atoms with Crippen molar-refractivity contribution in [3.63, 3.8) is 0 Å². The number of methoxy groups -OCH3 is 2. The third-order valence-corrected chi connectivity index (χ3v) is 6.98. The first-order valence-corrected chi connectivity index (χ1v) is 13.0. The zero-order valence-electron chi connectivity index (χ0n) is 22.6. The topological polar surface area (TPSA) is 136 Å². The summed E-state index contributed by atoms with van der Waals surface area (Å²) in [5, 5.41) is 8.74. The standard InChI is InChI=1S/C30H25FN6O5/c1-40-23-13-17-15-32-25-26(37-22(17)14-24(23)41-2)33-16-34-27(25)42-21-9-7-20(8-10-21)36-29(39)30(11-12-30)28(38)35-19-5-3-18(31)4-6-19/h3-10,13-16H,11-12H2,1-2H3,(H,35,38)(H,36,39)(H,33,34,37). The Morgan fingerprint density at radius 2 is 1.50 bits per heavy atom. The molecule has 11 nitrogen and oxygen atoms in total. The number of halogens is 1. The van der Waals surface area contributed by atoms with E-state index in [2.05, 4.69) is 30.9 Å². The summed E-state index contributed by atoms with van der Waals surface area (Å²) in [5.41, 5.74) is 1.63. The van der Waals surface area contributed by atoms with Gasteiger partial charge in [0.15, 0.2) is 23.0 Å². The van der Waals surface area contributed by atoms with E-state index in [-0.39, 0.29) is 5.88 Å². The van der Waals surface area contributed by atoms with Crippen molar-refractivity contribution in [2.75, 3.05) is 30.2 Å². The van der Waals surface area contributed by atoms with E-state index in [1.54, 1.807) is 56.8 Å². The van der Waals surface area contributed by atoms with Crippen molar-refractivity contribution >= 4 is 46.6 Å². The van der Waals surface area contributed by atoms with E-state index >= 15 is 0 Å². The van der Waals surface area contributed by atoms with Crippen LogP contribution in [0.15, 0.2) is 72.0 Å². The Morgan fingerprint density at radius 3 is 2.12 bits per heavy atom. The molecule has 0 spiro atoms. The van der Waals surface area contributed by atoms with Gasteiger partial charge >= 0.3 is 0 Å². The van der Waals surface area contributed by atoms with Crippen LogP contribution in [0.2, 0.25) is 0 Å². The molecule has 2 amide bonds. The number of nitrogens with zero attached hydrogens (tertiary/aromatic N) is 3. The van der Waals surface area contributed by atoms with Crippen molar-refractivity contribution in [1.82, 2.24) is 9.97 Å². The summed E-state index contributed by atoms with van der Waals surface area (Å²) in [6.07, 6.45) is 3.86. The lowest BCUT2D eigenvalue weighted by Gasteiger charge is -2.16. The molecule has 42 heavy (non-hydrogen) atoms. The van der Waals surface area contributed by atoms with E-state index in [9.17, 15) is 14.0 Å². The molecule has 1 aliphatic carbocycles. The van der Waals surface area contributed by atoms with Crippen LogP contribution >= 0.6 is 0 Å². The van der Waals surface area contributed by atoms with Gasteiger partial charge in [0.05, 0.1) is 19.9 Å². The molecule has 3 N–H and O–H groups in total. The van der Waals surface area contributed by atoms with Crippen LogP contribution in [-0.2, 0) is 9.59 Å². The molecule has 0 unspecified atom stereocenters. The van der Waals surface area contributed by atoms with Crippen molar-refractivity contribution in [1.29, 1.82) is 0 Å². The second kappa shape index (κ2) is 10.8. The van der Waals surface area contributed by atoms with Gasteiger partial charge in [0, 0.05) is 29.2 Å². The highest BCUT2D eigenvalue weighted by Gasteiger charge is 2.56. The van der Waals surface area contributed by atoms with E-state index in [0.717, 1.165) is 11.3 Å². The van der Waals surface area contributed by atoms with Crippen molar-refractivity contribution < 1.29 is 28.2 Å². The molecule has 2 aliphatic rings. The van der Waals surface area contributed by atoms with Crippen molar-refractivity contribution in [2.24, 2.45) is 10.4 Å². The Bertz CT molecular complexity index is 1710. The molecule has 1 aliphatic heterocycles. The number of nitrogens with one attached hydrogen (secondary N) is 3. The maximum atomic E-state index is 13.2. The van der Waals surface area contributed by atoms with Gasteiger partial charge in [-0.2, -0.15) is 4.98 Å². The molecule has 2 heterocycles. The number of ether oxygens (including phenoxy) is 3.